The predicted molar refractivity (Wildman–Crippen MR) is 455 cm³/mol. The average molecular weight is 1520 g/mol. The Hall–Kier alpha value is -16.0. The van der Waals surface area contributed by atoms with Gasteiger partial charge in [0.15, 0.2) is 69.9 Å². The Labute approximate surface area is 668 Å². The molecule has 0 fully saturated rings. The third-order valence-electron chi connectivity index (χ3n) is 20.8. The van der Waals surface area contributed by atoms with Gasteiger partial charge in [-0.3, -0.25) is 0 Å². The van der Waals surface area contributed by atoms with Crippen molar-refractivity contribution in [1.82, 2.24) is 68.9 Å². The largest absolute Gasteiger partial charge is 0.416 e. The quantitative estimate of drug-likeness (QED) is 0.0892. The topological polar surface area (TPSA) is 169 Å². The number of fused-ring (bicyclic) bond motifs is 6. The monoisotopic (exact) mass is 1520 g/mol. The maximum Gasteiger partial charge on any atom is 0.416 e. The summed E-state index contributed by atoms with van der Waals surface area (Å²) in [5.74, 6) is 5.37. The molecule has 6 heterocycles. The van der Waals surface area contributed by atoms with Crippen molar-refractivity contribution in [2.75, 3.05) is 0 Å². The van der Waals surface area contributed by atoms with E-state index in [4.69, 9.17) is 59.8 Å². The van der Waals surface area contributed by atoms with Gasteiger partial charge in [0.1, 0.15) is 0 Å². The minimum atomic E-state index is -4.75. The van der Waals surface area contributed by atoms with Gasteiger partial charge >= 0.3 is 6.18 Å². The van der Waals surface area contributed by atoms with Gasteiger partial charge in [0.2, 0.25) is 5.69 Å². The van der Waals surface area contributed by atoms with E-state index in [1.807, 2.05) is 331 Å². The molecule has 0 amide bonds. The lowest BCUT2D eigenvalue weighted by Gasteiger charge is -2.20. The van der Waals surface area contributed by atoms with Crippen molar-refractivity contribution in [2.45, 2.75) is 13.1 Å². The summed E-state index contributed by atoms with van der Waals surface area (Å²) in [6.45, 7) is 11.1. The highest BCUT2D eigenvalue weighted by Crippen LogP contribution is 2.47. The number of hydrogen-bond donors (Lipinski definition) is 0. The molecule has 0 saturated carbocycles. The second kappa shape index (κ2) is 29.3. The Balaban J connectivity index is 0.849. The fourth-order valence-corrected chi connectivity index (χ4v) is 15.2. The predicted octanol–water partition coefficient (Wildman–Crippen LogP) is 24.2. The van der Waals surface area contributed by atoms with Gasteiger partial charge < -0.3 is 9.13 Å². The molecular weight excluding hydrogens is 1460 g/mol. The lowest BCUT2D eigenvalue weighted by Crippen LogP contribution is -2.06. The Kier molecular flexibility index (Phi) is 17.5. The van der Waals surface area contributed by atoms with E-state index in [1.165, 1.54) is 6.07 Å². The second-order valence-electron chi connectivity index (χ2n) is 28.3. The van der Waals surface area contributed by atoms with Crippen molar-refractivity contribution in [2.24, 2.45) is 0 Å². The molecule has 0 saturated heterocycles. The summed E-state index contributed by atoms with van der Waals surface area (Å²) in [5.41, 5.74) is 12.7. The van der Waals surface area contributed by atoms with Crippen LogP contribution in [0.15, 0.2) is 346 Å². The van der Waals surface area contributed by atoms with Crippen LogP contribution in [0.3, 0.4) is 0 Å². The number of hydrogen-bond acceptors (Lipinski definition) is 12. The zero-order valence-electron chi connectivity index (χ0n) is 62.3. The van der Waals surface area contributed by atoms with Crippen molar-refractivity contribution in [3.05, 3.63) is 368 Å². The van der Waals surface area contributed by atoms with E-state index in [-0.39, 0.29) is 11.3 Å². The molecule has 0 aliphatic rings. The van der Waals surface area contributed by atoms with Gasteiger partial charge in [-0.25, -0.2) is 64.7 Å². The minimum Gasteiger partial charge on any atom is -0.319 e. The molecule has 0 unspecified atom stereocenters. The maximum atomic E-state index is 15.7. The lowest BCUT2D eigenvalue weighted by molar-refractivity contribution is -0.137. The number of aryl methyl sites for hydroxylation is 1. The first-order chi connectivity index (χ1) is 57.4. The van der Waals surface area contributed by atoms with Gasteiger partial charge in [-0.15, -0.1) is 0 Å². The Bertz CT molecular complexity index is 6690. The van der Waals surface area contributed by atoms with Crippen LogP contribution in [0, 0.1) is 13.5 Å². The van der Waals surface area contributed by atoms with Crippen molar-refractivity contribution in [3.8, 4) is 159 Å². The summed E-state index contributed by atoms with van der Waals surface area (Å²) in [6, 6.07) is 110. The first kappa shape index (κ1) is 70.1. The molecule has 0 N–H and O–H groups in total. The summed E-state index contributed by atoms with van der Waals surface area (Å²) in [4.78, 5) is 66.0. The number of halogens is 3. The van der Waals surface area contributed by atoms with E-state index in [9.17, 15) is 6.57 Å². The molecular formula is C99H60F3N15. The molecule has 18 heteroatoms. The summed E-state index contributed by atoms with van der Waals surface area (Å²) in [6.07, 6.45) is -4.75. The first-order valence-electron chi connectivity index (χ1n) is 37.8. The SMILES string of the molecule is [C-]#[N+]c1cc(-n2c3ccc(-c4nc(-c5ccccc5)nc(-c5ccccc5)n4)cc3c3cc(-c4nc(-c5ccccc5)nc(-c5ccccc5)n4)ccc32)c(-c2cc(C)cc(C(F)(F)F)c2)cc1-n1c2ccc(-c3nc(-c4ccccc4)nc(-c4ccccc4)n3)cc2c2cc(-c3nc(-c4ccccc4)nc(-c4ccccc4)n3)ccc21. The Morgan fingerprint density at radius 1 is 0.239 bits per heavy atom. The first-order valence-corrected chi connectivity index (χ1v) is 37.8. The molecule has 20 rings (SSSR count). The molecule has 20 aromatic rings. The third-order valence-corrected chi connectivity index (χ3v) is 20.8. The van der Waals surface area contributed by atoms with E-state index < -0.39 is 11.7 Å². The third kappa shape index (κ3) is 13.4. The summed E-state index contributed by atoms with van der Waals surface area (Å²) in [5, 5.41) is 2.90. The molecule has 15 nitrogen and oxygen atoms in total. The van der Waals surface area contributed by atoms with Gasteiger partial charge in [0, 0.05) is 99.6 Å². The summed E-state index contributed by atoms with van der Waals surface area (Å²) in [7, 11) is 0. The maximum absolute atomic E-state index is 15.7. The highest BCUT2D eigenvalue weighted by atomic mass is 19.4. The van der Waals surface area contributed by atoms with Crippen LogP contribution in [-0.4, -0.2) is 68.9 Å². The fourth-order valence-electron chi connectivity index (χ4n) is 15.2. The second-order valence-corrected chi connectivity index (χ2v) is 28.3. The van der Waals surface area contributed by atoms with Crippen LogP contribution in [0.25, 0.3) is 208 Å². The molecule has 117 heavy (non-hydrogen) atoms. The van der Waals surface area contributed by atoms with E-state index in [0.29, 0.717) is 137 Å². The van der Waals surface area contributed by atoms with Crippen LogP contribution in [0.2, 0.25) is 0 Å². The normalized spacial score (nSPS) is 11.6. The van der Waals surface area contributed by atoms with E-state index in [2.05, 4.69) is 4.85 Å². The zero-order chi connectivity index (χ0) is 78.7. The van der Waals surface area contributed by atoms with Gasteiger partial charge in [-0.05, 0) is 115 Å². The molecule has 14 aromatic carbocycles. The number of alkyl halides is 3. The van der Waals surface area contributed by atoms with E-state index >= 15 is 13.2 Å². The molecule has 0 atom stereocenters. The number of benzene rings is 14. The molecule has 0 spiro atoms. The van der Waals surface area contributed by atoms with Crippen molar-refractivity contribution in [3.63, 3.8) is 0 Å². The highest BCUT2D eigenvalue weighted by Gasteiger charge is 2.33. The van der Waals surface area contributed by atoms with Gasteiger partial charge in [-0.1, -0.05) is 249 Å². The van der Waals surface area contributed by atoms with Gasteiger partial charge in [0.25, 0.3) is 0 Å². The van der Waals surface area contributed by atoms with Crippen LogP contribution in [-0.2, 0) is 6.18 Å². The van der Waals surface area contributed by atoms with Crippen molar-refractivity contribution in [1.29, 1.82) is 0 Å². The molecule has 0 radical (unpaired) electrons. The highest BCUT2D eigenvalue weighted by molar-refractivity contribution is 6.14. The number of nitrogens with zero attached hydrogens (tertiary/aromatic N) is 15. The number of rotatable bonds is 15. The Morgan fingerprint density at radius 3 is 0.701 bits per heavy atom. The molecule has 6 aromatic heterocycles. The summed E-state index contributed by atoms with van der Waals surface area (Å²) < 4.78 is 51.2. The van der Waals surface area contributed by atoms with E-state index in [1.54, 1.807) is 19.1 Å². The molecule has 0 aliphatic heterocycles. The zero-order valence-corrected chi connectivity index (χ0v) is 62.3. The van der Waals surface area contributed by atoms with Crippen LogP contribution < -0.4 is 0 Å². The molecule has 0 aliphatic carbocycles. The lowest BCUT2D eigenvalue weighted by atomic mass is 9.97. The smallest absolute Gasteiger partial charge is 0.319 e. The van der Waals surface area contributed by atoms with Crippen molar-refractivity contribution >= 4 is 49.3 Å². The van der Waals surface area contributed by atoms with Gasteiger partial charge in [-0.2, -0.15) is 13.2 Å². The van der Waals surface area contributed by atoms with Crippen LogP contribution in [0.1, 0.15) is 11.1 Å². The van der Waals surface area contributed by atoms with Crippen LogP contribution >= 0.6 is 0 Å². The number of aromatic nitrogens is 14. The van der Waals surface area contributed by atoms with Gasteiger partial charge in [0.05, 0.1) is 39.9 Å². The summed E-state index contributed by atoms with van der Waals surface area (Å²) >= 11 is 0. The van der Waals surface area contributed by atoms with Crippen LogP contribution in [0.5, 0.6) is 0 Å². The molecule has 0 bridgehead atoms. The minimum absolute atomic E-state index is 0.182. The van der Waals surface area contributed by atoms with E-state index in [0.717, 1.165) is 72.1 Å². The molecule has 552 valence electrons. The fraction of sp³-hybridized carbons (Fsp3) is 0.0202. The average Bonchev–Trinajstić information content (AvgIpc) is 1.58. The standard InChI is InChI=1S/C99H60F3N15/c1-60-51-73(53-74(52-60)99(100,101)102)75-58-86(117-83-49-45-71(97-112-91(65-35-19-7-20-36-65)106-92(113-97)66-37-21-8-22-38-66)56-78(83)79-57-72(46-50-84(79)117)98-114-93(67-39-23-9-24-40-67)107-94(115-98)68-41-25-10-26-42-68)80(103-2)59-85(75)116-81-47-43-69(95-108-87(61-27-11-3-12-28-61)104-88(109-95)62-29-13-4-14-30-62)54-76(81)77-55-70(44-48-82(77)116)96-110-89(63-31-15-5-16-32-63)105-90(111-96)64-33-17-6-18-34-64/h3-59H,1H3. The Morgan fingerprint density at radius 2 is 0.470 bits per heavy atom. The van der Waals surface area contributed by atoms with Crippen LogP contribution in [0.4, 0.5) is 18.9 Å². The van der Waals surface area contributed by atoms with Crippen molar-refractivity contribution < 1.29 is 13.2 Å².